The average Bonchev–Trinajstić information content (AvgIpc) is 2.50. The van der Waals surface area contributed by atoms with E-state index in [9.17, 15) is 0 Å². The third kappa shape index (κ3) is 5.13. The topological polar surface area (TPSA) is 19.0 Å². The van der Waals surface area contributed by atoms with Gasteiger partial charge >= 0.3 is 0 Å². The lowest BCUT2D eigenvalue weighted by Crippen LogP contribution is -2.54. The summed E-state index contributed by atoms with van der Waals surface area (Å²) in [7, 11) is 6.42. The summed E-state index contributed by atoms with van der Waals surface area (Å²) in [6, 6.07) is 8.22. The highest BCUT2D eigenvalue weighted by atomic mass is 16.5. The lowest BCUT2D eigenvalue weighted by atomic mass is 10.2. The molecule has 0 aliphatic heterocycles. The van der Waals surface area contributed by atoms with Gasteiger partial charge in [-0.3, -0.25) is 14.7 Å². The Morgan fingerprint density at radius 1 is 1.09 bits per heavy atom. The van der Waals surface area contributed by atoms with Gasteiger partial charge in [0.15, 0.2) is 0 Å². The summed E-state index contributed by atoms with van der Waals surface area (Å²) >= 11 is 0. The number of allylic oxidation sites excluding steroid dienone is 1. The molecule has 0 aliphatic carbocycles. The molecule has 0 spiro atoms. The van der Waals surface area contributed by atoms with E-state index < -0.39 is 0 Å². The molecule has 4 nitrogen and oxygen atoms in total. The highest BCUT2D eigenvalue weighted by molar-refractivity contribution is 5.33. The largest absolute Gasteiger partial charge is 0.465 e. The van der Waals surface area contributed by atoms with Gasteiger partial charge in [0.1, 0.15) is 12.0 Å². The van der Waals surface area contributed by atoms with Gasteiger partial charge in [-0.2, -0.15) is 0 Å². The summed E-state index contributed by atoms with van der Waals surface area (Å²) < 4.78 is 5.71. The highest BCUT2D eigenvalue weighted by Gasteiger charge is 2.23. The minimum absolute atomic E-state index is 0.268. The molecule has 1 atom stereocenters. The Labute approximate surface area is 136 Å². The van der Waals surface area contributed by atoms with E-state index in [4.69, 9.17) is 4.74 Å². The van der Waals surface area contributed by atoms with Crippen LogP contribution in [0.15, 0.2) is 36.6 Å². The Morgan fingerprint density at radius 2 is 1.73 bits per heavy atom. The van der Waals surface area contributed by atoms with Crippen molar-refractivity contribution in [2.24, 2.45) is 0 Å². The lowest BCUT2D eigenvalue weighted by Gasteiger charge is -2.41. The van der Waals surface area contributed by atoms with Crippen LogP contribution in [0.2, 0.25) is 0 Å². The van der Waals surface area contributed by atoms with Gasteiger partial charge in [0.2, 0.25) is 0 Å². The molecule has 0 saturated carbocycles. The predicted molar refractivity (Wildman–Crippen MR) is 93.7 cm³/mol. The van der Waals surface area contributed by atoms with Crippen LogP contribution in [0.3, 0.4) is 0 Å². The van der Waals surface area contributed by atoms with Gasteiger partial charge in [0, 0.05) is 12.1 Å². The van der Waals surface area contributed by atoms with Gasteiger partial charge in [0.25, 0.3) is 0 Å². The van der Waals surface area contributed by atoms with Gasteiger partial charge < -0.3 is 4.74 Å². The first-order chi connectivity index (χ1) is 10.5. The summed E-state index contributed by atoms with van der Waals surface area (Å²) in [4.78, 5) is 7.04. The zero-order chi connectivity index (χ0) is 16.5. The predicted octanol–water partition coefficient (Wildman–Crippen LogP) is 3.22. The van der Waals surface area contributed by atoms with Crippen LogP contribution >= 0.6 is 0 Å². The third-order valence-corrected chi connectivity index (χ3v) is 3.72. The number of rotatable bonds is 9. The first-order valence-electron chi connectivity index (χ1n) is 8.01. The molecule has 0 N–H and O–H groups in total. The quantitative estimate of drug-likeness (QED) is 0.515. The van der Waals surface area contributed by atoms with Crippen LogP contribution in [0.1, 0.15) is 26.3 Å². The molecule has 0 amide bonds. The minimum atomic E-state index is 0.268. The van der Waals surface area contributed by atoms with Crippen molar-refractivity contribution >= 4 is 0 Å². The number of hydrogen-bond donors (Lipinski definition) is 0. The molecule has 1 rings (SSSR count). The number of ether oxygens (including phenoxy) is 1. The second-order valence-electron chi connectivity index (χ2n) is 5.64. The molecule has 0 aliphatic rings. The zero-order valence-corrected chi connectivity index (χ0v) is 14.9. The van der Waals surface area contributed by atoms with Crippen LogP contribution in [0.25, 0.3) is 0 Å². The molecule has 4 heteroatoms. The van der Waals surface area contributed by atoms with E-state index in [1.807, 2.05) is 25.1 Å². The molecular weight excluding hydrogens is 274 g/mol. The molecule has 0 aromatic heterocycles. The van der Waals surface area contributed by atoms with E-state index in [-0.39, 0.29) is 6.29 Å². The van der Waals surface area contributed by atoms with E-state index >= 15 is 0 Å². The summed E-state index contributed by atoms with van der Waals surface area (Å²) in [5.74, 6) is 0.921. The van der Waals surface area contributed by atoms with Gasteiger partial charge in [0.05, 0.1) is 6.26 Å². The summed E-state index contributed by atoms with van der Waals surface area (Å²) in [6.07, 6.45) is 3.90. The fourth-order valence-corrected chi connectivity index (χ4v) is 2.79. The smallest absolute Gasteiger partial charge is 0.130 e. The second-order valence-corrected chi connectivity index (χ2v) is 5.64. The second kappa shape index (κ2) is 9.62. The lowest BCUT2D eigenvalue weighted by molar-refractivity contribution is -0.0348. The first-order valence-corrected chi connectivity index (χ1v) is 8.01. The van der Waals surface area contributed by atoms with Gasteiger partial charge in [-0.05, 0) is 47.2 Å². The Balaban J connectivity index is 2.91. The van der Waals surface area contributed by atoms with Gasteiger partial charge in [-0.25, -0.2) is 0 Å². The Morgan fingerprint density at radius 3 is 2.27 bits per heavy atom. The van der Waals surface area contributed by atoms with E-state index in [1.165, 1.54) is 5.56 Å². The zero-order valence-electron chi connectivity index (χ0n) is 14.9. The fourth-order valence-electron chi connectivity index (χ4n) is 2.79. The van der Waals surface area contributed by atoms with Crippen molar-refractivity contribution in [3.63, 3.8) is 0 Å². The number of nitrogens with zero attached hydrogens (tertiary/aromatic N) is 3. The molecule has 124 valence electrons. The maximum atomic E-state index is 5.71. The van der Waals surface area contributed by atoms with Crippen molar-refractivity contribution in [3.8, 4) is 5.75 Å². The van der Waals surface area contributed by atoms with Crippen LogP contribution in [0.4, 0.5) is 0 Å². The Kier molecular flexibility index (Phi) is 8.17. The first kappa shape index (κ1) is 18.7. The number of para-hydroxylation sites is 1. The molecular formula is C18H31N3O. The Bertz CT molecular complexity index is 455. The van der Waals surface area contributed by atoms with E-state index in [2.05, 4.69) is 61.8 Å². The molecule has 22 heavy (non-hydrogen) atoms. The number of benzene rings is 1. The highest BCUT2D eigenvalue weighted by Crippen LogP contribution is 2.21. The van der Waals surface area contributed by atoms with Crippen molar-refractivity contribution in [1.82, 2.24) is 14.7 Å². The fraction of sp³-hybridized carbons (Fsp3) is 0.556. The standard InChI is InChI=1S/C18H31N3O/c1-7-14-22-17-13-11-10-12-16(17)15-20(6)18(19(4)5)21(8-2)9-3/h7,10-14,18H,8-9,15H2,1-6H3. The minimum Gasteiger partial charge on any atom is -0.465 e. The van der Waals surface area contributed by atoms with Crippen molar-refractivity contribution in [1.29, 1.82) is 0 Å². The number of hydrogen-bond acceptors (Lipinski definition) is 4. The molecule has 0 radical (unpaired) electrons. The molecule has 1 aromatic rings. The summed E-state index contributed by atoms with van der Waals surface area (Å²) in [5, 5.41) is 0. The van der Waals surface area contributed by atoms with Gasteiger partial charge in [-0.15, -0.1) is 0 Å². The van der Waals surface area contributed by atoms with Crippen molar-refractivity contribution in [2.75, 3.05) is 34.2 Å². The monoisotopic (exact) mass is 305 g/mol. The van der Waals surface area contributed by atoms with Crippen molar-refractivity contribution < 1.29 is 4.74 Å². The molecule has 0 saturated heterocycles. The summed E-state index contributed by atoms with van der Waals surface area (Å²) in [6.45, 7) is 9.26. The van der Waals surface area contributed by atoms with Crippen LogP contribution in [0, 0.1) is 0 Å². The molecule has 1 aromatic carbocycles. The van der Waals surface area contributed by atoms with Crippen molar-refractivity contribution in [2.45, 2.75) is 33.6 Å². The molecule has 1 unspecified atom stereocenters. The summed E-state index contributed by atoms with van der Waals surface area (Å²) in [5.41, 5.74) is 1.20. The SMILES string of the molecule is CC=COc1ccccc1CN(C)C(N(C)C)N(CC)CC. The molecule has 0 fully saturated rings. The molecule has 0 bridgehead atoms. The van der Waals surface area contributed by atoms with Crippen LogP contribution < -0.4 is 4.74 Å². The third-order valence-electron chi connectivity index (χ3n) is 3.72. The maximum absolute atomic E-state index is 5.71. The van der Waals surface area contributed by atoms with E-state index in [0.717, 1.165) is 25.4 Å². The Hall–Kier alpha value is -1.36. The van der Waals surface area contributed by atoms with Crippen LogP contribution in [-0.4, -0.2) is 55.2 Å². The van der Waals surface area contributed by atoms with Crippen molar-refractivity contribution in [3.05, 3.63) is 42.2 Å². The maximum Gasteiger partial charge on any atom is 0.130 e. The average molecular weight is 305 g/mol. The van der Waals surface area contributed by atoms with Gasteiger partial charge in [-0.1, -0.05) is 38.1 Å². The van der Waals surface area contributed by atoms with Crippen LogP contribution in [0.5, 0.6) is 5.75 Å². The normalized spacial score (nSPS) is 13.5. The molecule has 0 heterocycles. The van der Waals surface area contributed by atoms with E-state index in [1.54, 1.807) is 6.26 Å². The van der Waals surface area contributed by atoms with E-state index in [0.29, 0.717) is 0 Å². The van der Waals surface area contributed by atoms with Crippen LogP contribution in [-0.2, 0) is 6.54 Å².